The SMILES string of the molecule is COc1ccc(F)cc1[C@@H]1NC(=O)C[C@H](c2cc(Cl)ccc2OC(C)(C)C(=O)NS(C)(=O)=O)C12C(=O)Nc1cc(Cl)ccc12. The Morgan fingerprint density at radius 3 is 2.36 bits per heavy atom. The van der Waals surface area contributed by atoms with Crippen LogP contribution in [0.2, 0.25) is 10.0 Å². The number of carbonyl (C=O) groups excluding carboxylic acids is 3. The molecule has 0 aromatic heterocycles. The number of fused-ring (bicyclic) bond motifs is 2. The van der Waals surface area contributed by atoms with Crippen molar-refractivity contribution < 1.29 is 36.7 Å². The van der Waals surface area contributed by atoms with Gasteiger partial charge in [0.2, 0.25) is 21.8 Å². The second kappa shape index (κ2) is 11.2. The Labute approximate surface area is 263 Å². The molecule has 0 aliphatic carbocycles. The number of benzene rings is 3. The Balaban J connectivity index is 1.77. The van der Waals surface area contributed by atoms with Crippen LogP contribution in [0, 0.1) is 5.82 Å². The zero-order valence-corrected chi connectivity index (χ0v) is 26.3. The van der Waals surface area contributed by atoms with E-state index in [0.717, 1.165) is 6.26 Å². The average Bonchev–Trinajstić information content (AvgIpc) is 3.20. The summed E-state index contributed by atoms with van der Waals surface area (Å²) < 4.78 is 51.9. The number of hydrogen-bond donors (Lipinski definition) is 3. The lowest BCUT2D eigenvalue weighted by Gasteiger charge is -2.47. The van der Waals surface area contributed by atoms with Crippen LogP contribution in [0.5, 0.6) is 11.5 Å². The van der Waals surface area contributed by atoms with E-state index in [-0.39, 0.29) is 34.1 Å². The van der Waals surface area contributed by atoms with Gasteiger partial charge in [0.05, 0.1) is 19.4 Å². The Hall–Kier alpha value is -3.87. The van der Waals surface area contributed by atoms with Crippen LogP contribution in [-0.2, 0) is 29.8 Å². The molecule has 0 radical (unpaired) electrons. The van der Waals surface area contributed by atoms with E-state index in [4.69, 9.17) is 32.7 Å². The van der Waals surface area contributed by atoms with Crippen molar-refractivity contribution in [1.82, 2.24) is 10.0 Å². The van der Waals surface area contributed by atoms with Gasteiger partial charge in [-0.1, -0.05) is 29.3 Å². The first-order valence-corrected chi connectivity index (χ1v) is 16.0. The minimum atomic E-state index is -3.91. The number of anilines is 1. The van der Waals surface area contributed by atoms with E-state index in [2.05, 4.69) is 10.6 Å². The number of hydrogen-bond acceptors (Lipinski definition) is 7. The lowest BCUT2D eigenvalue weighted by Crippen LogP contribution is -2.57. The van der Waals surface area contributed by atoms with Crippen molar-refractivity contribution in [2.24, 2.45) is 0 Å². The number of halogens is 3. The topological polar surface area (TPSA) is 140 Å². The number of nitrogens with one attached hydrogen (secondary N) is 3. The van der Waals surface area contributed by atoms with Gasteiger partial charge in [0.25, 0.3) is 5.91 Å². The summed E-state index contributed by atoms with van der Waals surface area (Å²) >= 11 is 12.7. The molecule has 3 atom stereocenters. The van der Waals surface area contributed by atoms with Crippen LogP contribution < -0.4 is 24.8 Å². The van der Waals surface area contributed by atoms with Crippen LogP contribution in [0.15, 0.2) is 54.6 Å². The first kappa shape index (κ1) is 31.6. The number of carbonyl (C=O) groups is 3. The zero-order chi connectivity index (χ0) is 32.2. The molecule has 2 heterocycles. The third kappa shape index (κ3) is 5.57. The van der Waals surface area contributed by atoms with Crippen LogP contribution in [0.4, 0.5) is 10.1 Å². The van der Waals surface area contributed by atoms with Crippen molar-refractivity contribution in [1.29, 1.82) is 0 Å². The third-order valence-corrected chi connectivity index (χ3v) is 8.82. The van der Waals surface area contributed by atoms with Gasteiger partial charge in [-0.15, -0.1) is 0 Å². The van der Waals surface area contributed by atoms with E-state index in [1.807, 2.05) is 4.72 Å². The molecule has 1 saturated heterocycles. The number of amides is 3. The Bertz CT molecular complexity index is 1820. The van der Waals surface area contributed by atoms with Crippen LogP contribution in [0.25, 0.3) is 0 Å². The van der Waals surface area contributed by atoms with Gasteiger partial charge in [0, 0.05) is 39.2 Å². The smallest absolute Gasteiger partial charge is 0.277 e. The molecule has 3 aromatic rings. The van der Waals surface area contributed by atoms with Crippen LogP contribution >= 0.6 is 23.2 Å². The number of methoxy groups -OCH3 is 1. The summed E-state index contributed by atoms with van der Waals surface area (Å²) in [6.45, 7) is 2.74. The molecule has 3 aromatic carbocycles. The van der Waals surface area contributed by atoms with Crippen LogP contribution in [-0.4, -0.2) is 45.1 Å². The summed E-state index contributed by atoms with van der Waals surface area (Å²) in [6.07, 6.45) is 0.596. The molecule has 44 heavy (non-hydrogen) atoms. The molecule has 10 nitrogen and oxygen atoms in total. The Morgan fingerprint density at radius 1 is 1.02 bits per heavy atom. The van der Waals surface area contributed by atoms with E-state index in [0.29, 0.717) is 16.3 Å². The molecule has 2 aliphatic rings. The fourth-order valence-electron chi connectivity index (χ4n) is 5.95. The van der Waals surface area contributed by atoms with Crippen molar-refractivity contribution >= 4 is 56.6 Å². The molecule has 3 amide bonds. The first-order chi connectivity index (χ1) is 20.6. The quantitative estimate of drug-likeness (QED) is 0.335. The average molecular weight is 665 g/mol. The highest BCUT2D eigenvalue weighted by atomic mass is 35.5. The molecule has 1 spiro atoms. The maximum atomic E-state index is 14.8. The van der Waals surface area contributed by atoms with Gasteiger partial charge in [-0.3, -0.25) is 14.4 Å². The molecular weight excluding hydrogens is 636 g/mol. The van der Waals surface area contributed by atoms with E-state index in [9.17, 15) is 27.2 Å². The van der Waals surface area contributed by atoms with E-state index >= 15 is 0 Å². The third-order valence-electron chi connectivity index (χ3n) is 7.79. The Kier molecular flexibility index (Phi) is 8.06. The van der Waals surface area contributed by atoms with Crippen LogP contribution in [0.3, 0.4) is 0 Å². The van der Waals surface area contributed by atoms with Gasteiger partial charge in [-0.25, -0.2) is 17.5 Å². The monoisotopic (exact) mass is 663 g/mol. The highest BCUT2D eigenvalue weighted by Crippen LogP contribution is 2.59. The molecule has 14 heteroatoms. The van der Waals surface area contributed by atoms with E-state index < -0.39 is 56.5 Å². The normalized spacial score (nSPS) is 21.3. The summed E-state index contributed by atoms with van der Waals surface area (Å²) in [7, 11) is -2.52. The first-order valence-electron chi connectivity index (χ1n) is 13.3. The van der Waals surface area contributed by atoms with Crippen molar-refractivity contribution in [2.75, 3.05) is 18.7 Å². The number of sulfonamides is 1. The fraction of sp³-hybridized carbons (Fsp3) is 0.300. The van der Waals surface area contributed by atoms with Crippen molar-refractivity contribution in [3.63, 3.8) is 0 Å². The number of rotatable bonds is 7. The molecule has 0 saturated carbocycles. The molecule has 2 aliphatic heterocycles. The van der Waals surface area contributed by atoms with Crippen molar-refractivity contribution in [3.05, 3.63) is 87.2 Å². The maximum Gasteiger partial charge on any atom is 0.277 e. The molecule has 232 valence electrons. The molecule has 1 unspecified atom stereocenters. The second-order valence-corrected chi connectivity index (χ2v) is 13.8. The van der Waals surface area contributed by atoms with Crippen LogP contribution in [0.1, 0.15) is 48.9 Å². The van der Waals surface area contributed by atoms with Gasteiger partial charge in [0.15, 0.2) is 5.60 Å². The van der Waals surface area contributed by atoms with Gasteiger partial charge in [-0.05, 0) is 67.9 Å². The number of ether oxygens (including phenoxy) is 2. The molecule has 1 fully saturated rings. The predicted molar refractivity (Wildman–Crippen MR) is 162 cm³/mol. The highest BCUT2D eigenvalue weighted by molar-refractivity contribution is 7.89. The molecular formula is C30H28Cl2FN3O7S. The standard InChI is InChI=1S/C30H28Cl2FN3O7S/c1-29(2,27(38)36-44(4,40)41)43-24-9-6-15(31)11-18(24)21-14-25(37)35-26(19-13-17(33)7-10-23(19)42-3)30(21)20-8-5-16(32)12-22(20)34-28(30)39/h5-13,21,26H,14H2,1-4H3,(H,34,39)(H,35,37)(H,36,38)/t21-,26+,30?/m1/s1. The van der Waals surface area contributed by atoms with E-state index in [1.165, 1.54) is 57.4 Å². The lowest BCUT2D eigenvalue weighted by atomic mass is 9.59. The van der Waals surface area contributed by atoms with E-state index in [1.54, 1.807) is 18.2 Å². The highest BCUT2D eigenvalue weighted by Gasteiger charge is 2.62. The summed E-state index contributed by atoms with van der Waals surface area (Å²) in [5.74, 6) is -3.25. The second-order valence-electron chi connectivity index (χ2n) is 11.2. The van der Waals surface area contributed by atoms with Gasteiger partial charge in [0.1, 0.15) is 22.7 Å². The zero-order valence-electron chi connectivity index (χ0n) is 24.0. The molecule has 3 N–H and O–H groups in total. The van der Waals surface area contributed by atoms with Crippen molar-refractivity contribution in [3.8, 4) is 11.5 Å². The van der Waals surface area contributed by atoms with Crippen molar-refractivity contribution in [2.45, 2.75) is 43.2 Å². The summed E-state index contributed by atoms with van der Waals surface area (Å²) in [6, 6.07) is 12.0. The Morgan fingerprint density at radius 2 is 1.68 bits per heavy atom. The largest absolute Gasteiger partial charge is 0.496 e. The fourth-order valence-corrected chi connectivity index (χ4v) is 6.88. The molecule has 5 rings (SSSR count). The lowest BCUT2D eigenvalue weighted by molar-refractivity contribution is -0.133. The maximum absolute atomic E-state index is 14.8. The van der Waals surface area contributed by atoms with Gasteiger partial charge < -0.3 is 20.1 Å². The summed E-state index contributed by atoms with van der Waals surface area (Å²) in [5.41, 5.74) is -2.01. The van der Waals surface area contributed by atoms with Gasteiger partial charge in [-0.2, -0.15) is 0 Å². The minimum Gasteiger partial charge on any atom is -0.496 e. The van der Waals surface area contributed by atoms with Gasteiger partial charge >= 0.3 is 0 Å². The summed E-state index contributed by atoms with van der Waals surface area (Å²) in [5, 5.41) is 6.36. The number of piperidine rings is 1. The summed E-state index contributed by atoms with van der Waals surface area (Å²) in [4.78, 5) is 40.7. The minimum absolute atomic E-state index is 0.0716. The molecule has 0 bridgehead atoms. The predicted octanol–water partition coefficient (Wildman–Crippen LogP) is 4.61.